The molecule has 96 valence electrons. The minimum Gasteiger partial charge on any atom is -0.481 e. The van der Waals surface area contributed by atoms with E-state index in [1.807, 2.05) is 24.3 Å². The molecule has 0 aromatic heterocycles. The summed E-state index contributed by atoms with van der Waals surface area (Å²) < 4.78 is 0. The molecule has 0 spiro atoms. The van der Waals surface area contributed by atoms with Crippen molar-refractivity contribution in [3.63, 3.8) is 0 Å². The third-order valence-electron chi connectivity index (χ3n) is 2.96. The Morgan fingerprint density at radius 1 is 1.33 bits per heavy atom. The summed E-state index contributed by atoms with van der Waals surface area (Å²) in [4.78, 5) is 23.8. The molecule has 1 fully saturated rings. The van der Waals surface area contributed by atoms with Crippen LogP contribution in [0.5, 0.6) is 0 Å². The molecule has 1 aliphatic heterocycles. The molecular formula is C13H16N2O3. The van der Waals surface area contributed by atoms with Crippen LogP contribution >= 0.6 is 0 Å². The molecular weight excluding hydrogens is 232 g/mol. The lowest BCUT2D eigenvalue weighted by molar-refractivity contribution is -0.136. The Balaban J connectivity index is 2.02. The number of carbonyl (C=O) groups excluding carboxylic acids is 1. The molecule has 1 heterocycles. The number of benzene rings is 1. The van der Waals surface area contributed by atoms with Gasteiger partial charge in [-0.15, -0.1) is 0 Å². The smallest absolute Gasteiger partial charge is 0.321 e. The first kappa shape index (κ1) is 12.4. The number of hydrogen-bond acceptors (Lipinski definition) is 2. The van der Waals surface area contributed by atoms with Gasteiger partial charge in [-0.25, -0.2) is 4.79 Å². The van der Waals surface area contributed by atoms with Crippen LogP contribution in [0.15, 0.2) is 24.3 Å². The number of rotatable bonds is 4. The van der Waals surface area contributed by atoms with E-state index >= 15 is 0 Å². The first-order valence-electron chi connectivity index (χ1n) is 6.03. The molecule has 2 amide bonds. The van der Waals surface area contributed by atoms with Crippen LogP contribution in [-0.2, 0) is 11.2 Å². The largest absolute Gasteiger partial charge is 0.481 e. The maximum atomic E-state index is 11.6. The Kier molecular flexibility index (Phi) is 3.82. The van der Waals surface area contributed by atoms with Crippen molar-refractivity contribution in [3.8, 4) is 0 Å². The molecule has 1 saturated heterocycles. The van der Waals surface area contributed by atoms with Gasteiger partial charge in [-0.3, -0.25) is 9.69 Å². The Hall–Kier alpha value is -2.04. The number of carbonyl (C=O) groups is 2. The van der Waals surface area contributed by atoms with Gasteiger partial charge in [0.2, 0.25) is 0 Å². The Morgan fingerprint density at radius 2 is 2.06 bits per heavy atom. The fourth-order valence-electron chi connectivity index (χ4n) is 1.97. The Morgan fingerprint density at radius 3 is 2.67 bits per heavy atom. The molecule has 0 atom stereocenters. The molecule has 2 N–H and O–H groups in total. The van der Waals surface area contributed by atoms with E-state index in [4.69, 9.17) is 5.11 Å². The zero-order valence-corrected chi connectivity index (χ0v) is 10.1. The van der Waals surface area contributed by atoms with Gasteiger partial charge in [0, 0.05) is 25.2 Å². The van der Waals surface area contributed by atoms with Gasteiger partial charge in [0.05, 0.1) is 0 Å². The number of anilines is 1. The van der Waals surface area contributed by atoms with Crippen LogP contribution in [0.2, 0.25) is 0 Å². The minimum absolute atomic E-state index is 0.0699. The van der Waals surface area contributed by atoms with Gasteiger partial charge in [-0.1, -0.05) is 12.1 Å². The fraction of sp³-hybridized carbons (Fsp3) is 0.385. The summed E-state index contributed by atoms with van der Waals surface area (Å²) in [6, 6.07) is 7.41. The zero-order chi connectivity index (χ0) is 13.0. The lowest BCUT2D eigenvalue weighted by Gasteiger charge is -2.27. The van der Waals surface area contributed by atoms with Crippen molar-refractivity contribution in [1.82, 2.24) is 5.32 Å². The topological polar surface area (TPSA) is 69.6 Å². The SMILES string of the molecule is O=C(O)CCc1ccc(N2CCCNC2=O)cc1. The number of nitrogens with one attached hydrogen (secondary N) is 1. The average molecular weight is 248 g/mol. The van der Waals surface area contributed by atoms with Gasteiger partial charge in [-0.2, -0.15) is 0 Å². The van der Waals surface area contributed by atoms with E-state index in [0.29, 0.717) is 6.42 Å². The molecule has 5 nitrogen and oxygen atoms in total. The van der Waals surface area contributed by atoms with Gasteiger partial charge < -0.3 is 10.4 Å². The van der Waals surface area contributed by atoms with Crippen LogP contribution in [0.1, 0.15) is 18.4 Å². The van der Waals surface area contributed by atoms with Crippen molar-refractivity contribution in [2.45, 2.75) is 19.3 Å². The molecule has 0 radical (unpaired) electrons. The van der Waals surface area contributed by atoms with Crippen molar-refractivity contribution >= 4 is 17.7 Å². The average Bonchev–Trinajstić information content (AvgIpc) is 2.38. The summed E-state index contributed by atoms with van der Waals surface area (Å²) in [7, 11) is 0. The van der Waals surface area contributed by atoms with Crippen molar-refractivity contribution in [1.29, 1.82) is 0 Å². The highest BCUT2D eigenvalue weighted by molar-refractivity contribution is 5.92. The van der Waals surface area contributed by atoms with Gasteiger partial charge in [0.25, 0.3) is 0 Å². The number of urea groups is 1. The number of aliphatic carboxylic acids is 1. The van der Waals surface area contributed by atoms with E-state index in [0.717, 1.165) is 30.8 Å². The molecule has 18 heavy (non-hydrogen) atoms. The highest BCUT2D eigenvalue weighted by atomic mass is 16.4. The first-order chi connectivity index (χ1) is 8.66. The summed E-state index contributed by atoms with van der Waals surface area (Å²) in [5, 5.41) is 11.4. The van der Waals surface area contributed by atoms with Crippen LogP contribution in [0.25, 0.3) is 0 Å². The number of hydrogen-bond donors (Lipinski definition) is 2. The van der Waals surface area contributed by atoms with Crippen LogP contribution in [0.3, 0.4) is 0 Å². The standard InChI is InChI=1S/C13H16N2O3/c16-12(17)7-4-10-2-5-11(6-3-10)15-9-1-8-14-13(15)18/h2-3,5-6H,1,4,7-9H2,(H,14,18)(H,16,17). The lowest BCUT2D eigenvalue weighted by Crippen LogP contribution is -2.46. The second-order valence-corrected chi connectivity index (χ2v) is 4.30. The number of carboxylic acid groups (broad SMARTS) is 1. The maximum Gasteiger partial charge on any atom is 0.321 e. The molecule has 1 aliphatic rings. The Labute approximate surface area is 105 Å². The molecule has 5 heteroatoms. The molecule has 0 bridgehead atoms. The van der Waals surface area contributed by atoms with Crippen LogP contribution < -0.4 is 10.2 Å². The predicted octanol–water partition coefficient (Wildman–Crippen LogP) is 1.62. The fourth-order valence-corrected chi connectivity index (χ4v) is 1.97. The normalized spacial score (nSPS) is 15.3. The molecule has 0 saturated carbocycles. The highest BCUT2D eigenvalue weighted by Crippen LogP contribution is 2.18. The quantitative estimate of drug-likeness (QED) is 0.850. The Bertz CT molecular complexity index is 442. The highest BCUT2D eigenvalue weighted by Gasteiger charge is 2.18. The van der Waals surface area contributed by atoms with Gasteiger partial charge in [0.1, 0.15) is 0 Å². The van der Waals surface area contributed by atoms with E-state index in [1.165, 1.54) is 0 Å². The second-order valence-electron chi connectivity index (χ2n) is 4.30. The molecule has 1 aromatic rings. The summed E-state index contributed by atoms with van der Waals surface area (Å²) in [5.41, 5.74) is 1.82. The summed E-state index contributed by atoms with van der Waals surface area (Å²) >= 11 is 0. The van der Waals surface area contributed by atoms with E-state index in [2.05, 4.69) is 5.32 Å². The zero-order valence-electron chi connectivity index (χ0n) is 10.1. The van der Waals surface area contributed by atoms with Crippen molar-refractivity contribution < 1.29 is 14.7 Å². The minimum atomic E-state index is -0.797. The molecule has 1 aromatic carbocycles. The lowest BCUT2D eigenvalue weighted by atomic mass is 10.1. The summed E-state index contributed by atoms with van der Waals surface area (Å²) in [6.07, 6.45) is 1.58. The van der Waals surface area contributed by atoms with E-state index in [9.17, 15) is 9.59 Å². The molecule has 2 rings (SSSR count). The van der Waals surface area contributed by atoms with Crippen LogP contribution in [0, 0.1) is 0 Å². The third-order valence-corrected chi connectivity index (χ3v) is 2.96. The third kappa shape index (κ3) is 3.00. The first-order valence-corrected chi connectivity index (χ1v) is 6.03. The number of nitrogens with zero attached hydrogens (tertiary/aromatic N) is 1. The number of carboxylic acids is 1. The van der Waals surface area contributed by atoms with Crippen molar-refractivity contribution in [3.05, 3.63) is 29.8 Å². The predicted molar refractivity (Wildman–Crippen MR) is 67.8 cm³/mol. The van der Waals surface area contributed by atoms with Crippen LogP contribution in [0.4, 0.5) is 10.5 Å². The maximum absolute atomic E-state index is 11.6. The van der Waals surface area contributed by atoms with Crippen molar-refractivity contribution in [2.75, 3.05) is 18.0 Å². The van der Waals surface area contributed by atoms with Crippen LogP contribution in [-0.4, -0.2) is 30.2 Å². The number of amides is 2. The van der Waals surface area contributed by atoms with E-state index < -0.39 is 5.97 Å². The monoisotopic (exact) mass is 248 g/mol. The molecule has 0 aliphatic carbocycles. The van der Waals surface area contributed by atoms with E-state index in [-0.39, 0.29) is 12.5 Å². The van der Waals surface area contributed by atoms with Crippen molar-refractivity contribution in [2.24, 2.45) is 0 Å². The molecule has 0 unspecified atom stereocenters. The van der Waals surface area contributed by atoms with Gasteiger partial charge in [0.15, 0.2) is 0 Å². The summed E-state index contributed by atoms with van der Waals surface area (Å²) in [5.74, 6) is -0.797. The van der Waals surface area contributed by atoms with Gasteiger partial charge >= 0.3 is 12.0 Å². The van der Waals surface area contributed by atoms with Gasteiger partial charge in [-0.05, 0) is 30.5 Å². The second kappa shape index (κ2) is 5.53. The number of aryl methyl sites for hydroxylation is 1. The van der Waals surface area contributed by atoms with E-state index in [1.54, 1.807) is 4.90 Å². The summed E-state index contributed by atoms with van der Waals surface area (Å²) in [6.45, 7) is 1.45.